The Morgan fingerprint density at radius 1 is 1.24 bits per heavy atom. The molecule has 0 aliphatic carbocycles. The van der Waals surface area contributed by atoms with Crippen LogP contribution in [-0.2, 0) is 20.8 Å². The normalized spacial score (nSPS) is 18.5. The van der Waals surface area contributed by atoms with Crippen LogP contribution in [0.25, 0.3) is 11.0 Å². The van der Waals surface area contributed by atoms with Gasteiger partial charge in [0.15, 0.2) is 5.16 Å². The number of para-hydroxylation sites is 1. The molecule has 10 nitrogen and oxygen atoms in total. The number of nitrogens with one attached hydrogen (secondary N) is 1. The predicted octanol–water partition coefficient (Wildman–Crippen LogP) is 2.64. The van der Waals surface area contributed by atoms with Crippen molar-refractivity contribution in [2.75, 3.05) is 48.9 Å². The van der Waals surface area contributed by atoms with E-state index in [4.69, 9.17) is 13.9 Å². The number of amides is 1. The van der Waals surface area contributed by atoms with Gasteiger partial charge in [0.2, 0.25) is 17.6 Å². The molecule has 11 heteroatoms. The Bertz CT molecular complexity index is 1170. The number of benzene rings is 1. The molecule has 0 spiro atoms. The lowest BCUT2D eigenvalue weighted by molar-refractivity contribution is -0.113. The van der Waals surface area contributed by atoms with Crippen LogP contribution in [0.2, 0.25) is 0 Å². The summed E-state index contributed by atoms with van der Waals surface area (Å²) in [5.41, 5.74) is 0.956. The van der Waals surface area contributed by atoms with Crippen LogP contribution in [0.5, 0.6) is 0 Å². The summed E-state index contributed by atoms with van der Waals surface area (Å²) in [6.07, 6.45) is 2.16. The number of aromatic nitrogens is 3. The van der Waals surface area contributed by atoms with Gasteiger partial charge in [0.1, 0.15) is 17.3 Å². The molecule has 1 N–H and O–H groups in total. The van der Waals surface area contributed by atoms with Gasteiger partial charge < -0.3 is 24.1 Å². The Balaban J connectivity index is 1.31. The summed E-state index contributed by atoms with van der Waals surface area (Å²) in [4.78, 5) is 14.9. The minimum Gasteiger partial charge on any atom is -0.443 e. The summed E-state index contributed by atoms with van der Waals surface area (Å²) in [6.45, 7) is 4.22. The minimum absolute atomic E-state index is 0.0886. The van der Waals surface area contributed by atoms with Crippen LogP contribution in [0.15, 0.2) is 33.8 Å². The number of fused-ring (bicyclic) bond motifs is 1. The Hall–Kier alpha value is -3.07. The van der Waals surface area contributed by atoms with Crippen molar-refractivity contribution in [3.05, 3.63) is 30.0 Å². The first kappa shape index (κ1) is 21.8. The van der Waals surface area contributed by atoms with Gasteiger partial charge in [-0.25, -0.2) is 0 Å². The van der Waals surface area contributed by atoms with E-state index in [0.29, 0.717) is 41.6 Å². The molecule has 5 rings (SSSR count). The number of thioether (sulfide) groups is 1. The van der Waals surface area contributed by atoms with Crippen molar-refractivity contribution < 1.29 is 18.7 Å². The van der Waals surface area contributed by atoms with Crippen molar-refractivity contribution in [2.45, 2.75) is 30.6 Å². The number of hydrogen-bond donors (Lipinski definition) is 1. The number of furan rings is 1. The molecule has 0 radical (unpaired) electrons. The van der Waals surface area contributed by atoms with Crippen molar-refractivity contribution in [1.82, 2.24) is 14.8 Å². The number of hydrogen-bond acceptors (Lipinski definition) is 9. The fourth-order valence-corrected chi connectivity index (χ4v) is 4.83. The van der Waals surface area contributed by atoms with Crippen LogP contribution < -0.4 is 10.2 Å². The highest BCUT2D eigenvalue weighted by molar-refractivity contribution is 7.99. The number of anilines is 2. The van der Waals surface area contributed by atoms with Gasteiger partial charge in [0.25, 0.3) is 0 Å². The first-order valence-corrected chi connectivity index (χ1v) is 11.9. The third-order valence-electron chi connectivity index (χ3n) is 5.70. The Morgan fingerprint density at radius 3 is 2.88 bits per heavy atom. The van der Waals surface area contributed by atoms with Gasteiger partial charge >= 0.3 is 0 Å². The lowest BCUT2D eigenvalue weighted by atomic mass is 10.2. The van der Waals surface area contributed by atoms with E-state index in [9.17, 15) is 10.1 Å². The number of carbonyl (C=O) groups excluding carboxylic acids is 1. The standard InChI is InChI=1S/C22H24N6O4S/c23-12-18-20(16-5-1-2-6-17(16)32-18)24-19(29)14-33-22-26-25-21(27-7-10-30-11-8-27)28(22)13-15-4-3-9-31-15/h1-2,5-6,15H,3-4,7-11,13-14H2,(H,24,29). The number of morpholine rings is 1. The summed E-state index contributed by atoms with van der Waals surface area (Å²) < 4.78 is 18.9. The zero-order chi connectivity index (χ0) is 22.6. The number of nitriles is 1. The van der Waals surface area contributed by atoms with E-state index in [1.165, 1.54) is 11.8 Å². The largest absolute Gasteiger partial charge is 0.443 e. The monoisotopic (exact) mass is 468 g/mol. The predicted molar refractivity (Wildman–Crippen MR) is 122 cm³/mol. The molecular formula is C22H24N6O4S. The van der Waals surface area contributed by atoms with Crippen LogP contribution in [0.1, 0.15) is 18.6 Å². The summed E-state index contributed by atoms with van der Waals surface area (Å²) in [5, 5.41) is 22.4. The second-order valence-electron chi connectivity index (χ2n) is 7.88. The summed E-state index contributed by atoms with van der Waals surface area (Å²) >= 11 is 1.31. The quantitative estimate of drug-likeness (QED) is 0.522. The summed E-state index contributed by atoms with van der Waals surface area (Å²) in [7, 11) is 0. The number of nitrogens with zero attached hydrogens (tertiary/aromatic N) is 5. The SMILES string of the molecule is N#Cc1oc2ccccc2c1NC(=O)CSc1nnc(N2CCOCC2)n1CC1CCCO1. The topological polar surface area (TPSA) is 118 Å². The Morgan fingerprint density at radius 2 is 2.09 bits per heavy atom. The van der Waals surface area contributed by atoms with E-state index in [1.807, 2.05) is 28.8 Å². The van der Waals surface area contributed by atoms with E-state index in [2.05, 4.69) is 20.4 Å². The first-order valence-electron chi connectivity index (χ1n) is 10.9. The van der Waals surface area contributed by atoms with E-state index < -0.39 is 0 Å². The summed E-state index contributed by atoms with van der Waals surface area (Å²) in [6, 6.07) is 9.25. The molecule has 2 saturated heterocycles. The molecule has 2 aliphatic rings. The van der Waals surface area contributed by atoms with E-state index in [1.54, 1.807) is 6.07 Å². The third-order valence-corrected chi connectivity index (χ3v) is 6.66. The zero-order valence-corrected chi connectivity index (χ0v) is 18.8. The highest BCUT2D eigenvalue weighted by Gasteiger charge is 2.25. The molecule has 1 amide bonds. The first-order chi connectivity index (χ1) is 16.2. The van der Waals surface area contributed by atoms with Crippen LogP contribution >= 0.6 is 11.8 Å². The molecule has 1 aromatic carbocycles. The molecule has 1 atom stereocenters. The molecule has 2 aliphatic heterocycles. The molecule has 1 unspecified atom stereocenters. The van der Waals surface area contributed by atoms with Crippen molar-refractivity contribution in [3.63, 3.8) is 0 Å². The van der Waals surface area contributed by atoms with Crippen molar-refractivity contribution in [2.24, 2.45) is 0 Å². The number of carbonyl (C=O) groups is 1. The van der Waals surface area contributed by atoms with Crippen LogP contribution in [0.4, 0.5) is 11.6 Å². The molecule has 2 fully saturated rings. The molecule has 0 saturated carbocycles. The van der Waals surface area contributed by atoms with Crippen LogP contribution in [-0.4, -0.2) is 65.4 Å². The van der Waals surface area contributed by atoms with Crippen molar-refractivity contribution in [3.8, 4) is 6.07 Å². The average Bonchev–Trinajstić information content (AvgIpc) is 3.58. The maximum Gasteiger partial charge on any atom is 0.234 e. The van der Waals surface area contributed by atoms with E-state index >= 15 is 0 Å². The fourth-order valence-electron chi connectivity index (χ4n) is 4.09. The van der Waals surface area contributed by atoms with Gasteiger partial charge in [-0.1, -0.05) is 23.9 Å². The Kier molecular flexibility index (Phi) is 6.48. The maximum atomic E-state index is 12.8. The van der Waals surface area contributed by atoms with Gasteiger partial charge in [-0.05, 0) is 25.0 Å². The highest BCUT2D eigenvalue weighted by Crippen LogP contribution is 2.31. The van der Waals surface area contributed by atoms with Gasteiger partial charge in [0, 0.05) is 25.1 Å². The van der Waals surface area contributed by atoms with Gasteiger partial charge in [-0.2, -0.15) is 5.26 Å². The second-order valence-corrected chi connectivity index (χ2v) is 8.82. The van der Waals surface area contributed by atoms with Gasteiger partial charge in [0.05, 0.1) is 31.6 Å². The van der Waals surface area contributed by atoms with E-state index in [-0.39, 0.29) is 23.5 Å². The molecule has 3 aromatic rings. The maximum absolute atomic E-state index is 12.8. The lowest BCUT2D eigenvalue weighted by Gasteiger charge is -2.28. The zero-order valence-electron chi connectivity index (χ0n) is 18.0. The van der Waals surface area contributed by atoms with Gasteiger partial charge in [-0.3, -0.25) is 9.36 Å². The molecule has 2 aromatic heterocycles. The van der Waals surface area contributed by atoms with Crippen LogP contribution in [0, 0.1) is 11.3 Å². The molecule has 0 bridgehead atoms. The third kappa shape index (κ3) is 4.68. The average molecular weight is 469 g/mol. The van der Waals surface area contributed by atoms with Crippen molar-refractivity contribution >= 4 is 40.3 Å². The van der Waals surface area contributed by atoms with Gasteiger partial charge in [-0.15, -0.1) is 10.2 Å². The molecule has 172 valence electrons. The molecular weight excluding hydrogens is 444 g/mol. The Labute approximate surface area is 194 Å². The van der Waals surface area contributed by atoms with Crippen molar-refractivity contribution in [1.29, 1.82) is 5.26 Å². The molecule has 4 heterocycles. The number of rotatable bonds is 7. The fraction of sp³-hybridized carbons (Fsp3) is 0.455. The lowest BCUT2D eigenvalue weighted by Crippen LogP contribution is -2.38. The van der Waals surface area contributed by atoms with E-state index in [0.717, 1.165) is 38.5 Å². The second kappa shape index (κ2) is 9.82. The smallest absolute Gasteiger partial charge is 0.234 e. The highest BCUT2D eigenvalue weighted by atomic mass is 32.2. The summed E-state index contributed by atoms with van der Waals surface area (Å²) in [5.74, 6) is 0.745. The van der Waals surface area contributed by atoms with Crippen LogP contribution in [0.3, 0.4) is 0 Å². The number of ether oxygens (including phenoxy) is 2. The minimum atomic E-state index is -0.248. The molecule has 33 heavy (non-hydrogen) atoms.